The Morgan fingerprint density at radius 2 is 1.78 bits per heavy atom. The van der Waals surface area contributed by atoms with Gasteiger partial charge in [0.15, 0.2) is 6.61 Å². The highest BCUT2D eigenvalue weighted by Gasteiger charge is 2.28. The molecule has 0 saturated carbocycles. The van der Waals surface area contributed by atoms with Gasteiger partial charge in [0.2, 0.25) is 5.91 Å². The summed E-state index contributed by atoms with van der Waals surface area (Å²) in [5.41, 5.74) is 1.01. The van der Waals surface area contributed by atoms with Gasteiger partial charge in [0.05, 0.1) is 0 Å². The van der Waals surface area contributed by atoms with Crippen LogP contribution in [0.25, 0.3) is 0 Å². The number of benzene rings is 2. The van der Waals surface area contributed by atoms with Gasteiger partial charge < -0.3 is 15.4 Å². The zero-order valence-electron chi connectivity index (χ0n) is 14.5. The lowest BCUT2D eigenvalue weighted by Crippen LogP contribution is -2.44. The molecule has 0 aliphatic rings. The summed E-state index contributed by atoms with van der Waals surface area (Å²) in [6, 6.07) is 13.7. The molecule has 0 aliphatic carbocycles. The molecule has 144 valence electrons. The molecule has 0 spiro atoms. The summed E-state index contributed by atoms with van der Waals surface area (Å²) < 4.78 is 41.3. The average molecular weight is 380 g/mol. The van der Waals surface area contributed by atoms with Crippen molar-refractivity contribution < 1.29 is 27.5 Å². The van der Waals surface area contributed by atoms with Gasteiger partial charge in [0.25, 0.3) is 5.91 Å². The van der Waals surface area contributed by atoms with E-state index in [9.17, 15) is 22.8 Å². The van der Waals surface area contributed by atoms with Crippen molar-refractivity contribution in [2.24, 2.45) is 0 Å². The number of halogens is 3. The van der Waals surface area contributed by atoms with E-state index < -0.39 is 24.7 Å². The molecule has 0 heterocycles. The zero-order valence-corrected chi connectivity index (χ0v) is 14.5. The van der Waals surface area contributed by atoms with E-state index in [1.807, 2.05) is 0 Å². The van der Waals surface area contributed by atoms with E-state index in [0.29, 0.717) is 11.1 Å². The number of hydrogen-bond acceptors (Lipinski definition) is 3. The second-order valence-corrected chi connectivity index (χ2v) is 5.83. The summed E-state index contributed by atoms with van der Waals surface area (Å²) >= 11 is 0. The van der Waals surface area contributed by atoms with Crippen LogP contribution in [0.4, 0.5) is 13.2 Å². The minimum Gasteiger partial charge on any atom is -0.484 e. The minimum absolute atomic E-state index is 0.0597. The Kier molecular flexibility index (Phi) is 6.81. The number of carbonyl (C=O) groups excluding carboxylic acids is 2. The molecule has 0 aromatic heterocycles. The molecule has 27 heavy (non-hydrogen) atoms. The van der Waals surface area contributed by atoms with Gasteiger partial charge in [-0.1, -0.05) is 30.3 Å². The largest absolute Gasteiger partial charge is 0.484 e. The summed E-state index contributed by atoms with van der Waals surface area (Å²) in [5, 5.41) is 5.20. The van der Waals surface area contributed by atoms with Gasteiger partial charge in [-0.25, -0.2) is 0 Å². The quantitative estimate of drug-likeness (QED) is 0.776. The number of hydrogen-bond donors (Lipinski definition) is 2. The van der Waals surface area contributed by atoms with E-state index >= 15 is 0 Å². The third kappa shape index (κ3) is 7.01. The van der Waals surface area contributed by atoms with Crippen molar-refractivity contribution in [3.8, 4) is 5.75 Å². The maximum absolute atomic E-state index is 12.2. The van der Waals surface area contributed by atoms with E-state index in [1.165, 1.54) is 18.2 Å². The smallest absolute Gasteiger partial charge is 0.422 e. The van der Waals surface area contributed by atoms with Crippen molar-refractivity contribution in [3.05, 3.63) is 65.7 Å². The average Bonchev–Trinajstić information content (AvgIpc) is 2.65. The van der Waals surface area contributed by atoms with Crippen LogP contribution in [0.15, 0.2) is 54.6 Å². The second kappa shape index (κ2) is 9.07. The Balaban J connectivity index is 1.85. The molecule has 0 radical (unpaired) electrons. The molecule has 2 aromatic rings. The van der Waals surface area contributed by atoms with Gasteiger partial charge in [-0.2, -0.15) is 13.2 Å². The first-order valence-electron chi connectivity index (χ1n) is 8.17. The molecule has 2 aromatic carbocycles. The fourth-order valence-electron chi connectivity index (χ4n) is 2.19. The third-order valence-corrected chi connectivity index (χ3v) is 3.54. The minimum atomic E-state index is -4.42. The number of ether oxygens (including phenoxy) is 1. The van der Waals surface area contributed by atoms with Crippen LogP contribution in [0.1, 0.15) is 22.8 Å². The summed E-state index contributed by atoms with van der Waals surface area (Å²) in [6.45, 7) is 0.248. The van der Waals surface area contributed by atoms with E-state index in [-0.39, 0.29) is 18.2 Å². The van der Waals surface area contributed by atoms with Crippen molar-refractivity contribution in [3.63, 3.8) is 0 Å². The Labute approximate surface area is 154 Å². The Bertz CT molecular complexity index is 779. The van der Waals surface area contributed by atoms with Gasteiger partial charge in [0.1, 0.15) is 11.8 Å². The monoisotopic (exact) mass is 380 g/mol. The molecule has 0 aliphatic heterocycles. The standard InChI is InChI=1S/C19H19F3N2O3/c1-13(24-18(26)15-7-3-2-4-8-15)17(25)23-11-14-6-5-9-16(10-14)27-12-19(20,21)22/h2-10,13H,11-12H2,1H3,(H,23,25)(H,24,26). The maximum atomic E-state index is 12.2. The predicted molar refractivity (Wildman–Crippen MR) is 93.2 cm³/mol. The molecule has 0 saturated heterocycles. The van der Waals surface area contributed by atoms with Crippen molar-refractivity contribution in [2.45, 2.75) is 25.7 Å². The summed E-state index contributed by atoms with van der Waals surface area (Å²) in [6.07, 6.45) is -4.42. The normalized spacial score (nSPS) is 12.1. The fourth-order valence-corrected chi connectivity index (χ4v) is 2.19. The highest BCUT2D eigenvalue weighted by molar-refractivity contribution is 5.97. The van der Waals surface area contributed by atoms with Crippen molar-refractivity contribution in [2.75, 3.05) is 6.61 Å². The summed E-state index contributed by atoms with van der Waals surface area (Å²) in [7, 11) is 0. The first kappa shape index (κ1) is 20.3. The topological polar surface area (TPSA) is 67.4 Å². The summed E-state index contributed by atoms with van der Waals surface area (Å²) in [4.78, 5) is 24.2. The van der Waals surface area contributed by atoms with Crippen LogP contribution in [-0.2, 0) is 11.3 Å². The fraction of sp³-hybridized carbons (Fsp3) is 0.263. The number of alkyl halides is 3. The van der Waals surface area contributed by atoms with Gasteiger partial charge in [0, 0.05) is 12.1 Å². The number of carbonyl (C=O) groups is 2. The van der Waals surface area contributed by atoms with E-state index in [4.69, 9.17) is 0 Å². The van der Waals surface area contributed by atoms with Crippen LogP contribution in [0.3, 0.4) is 0 Å². The first-order valence-corrected chi connectivity index (χ1v) is 8.17. The van der Waals surface area contributed by atoms with Gasteiger partial charge in [-0.3, -0.25) is 9.59 Å². The van der Waals surface area contributed by atoms with Crippen LogP contribution >= 0.6 is 0 Å². The lowest BCUT2D eigenvalue weighted by atomic mass is 10.2. The van der Waals surface area contributed by atoms with Crippen LogP contribution in [0, 0.1) is 0 Å². The van der Waals surface area contributed by atoms with Gasteiger partial charge in [-0.05, 0) is 36.8 Å². The number of rotatable bonds is 7. The van der Waals surface area contributed by atoms with Crippen LogP contribution in [0.2, 0.25) is 0 Å². The Hall–Kier alpha value is -3.03. The predicted octanol–water partition coefficient (Wildman–Crippen LogP) is 3.06. The van der Waals surface area contributed by atoms with Gasteiger partial charge in [-0.15, -0.1) is 0 Å². The lowest BCUT2D eigenvalue weighted by molar-refractivity contribution is -0.153. The second-order valence-electron chi connectivity index (χ2n) is 5.83. The van der Waals surface area contributed by atoms with E-state index in [1.54, 1.807) is 43.3 Å². The first-order chi connectivity index (χ1) is 12.7. The molecule has 0 bridgehead atoms. The highest BCUT2D eigenvalue weighted by Crippen LogP contribution is 2.19. The number of amides is 2. The molecular formula is C19H19F3N2O3. The van der Waals surface area contributed by atoms with Crippen LogP contribution in [0.5, 0.6) is 5.75 Å². The maximum Gasteiger partial charge on any atom is 0.422 e. The SMILES string of the molecule is CC(NC(=O)c1ccccc1)C(=O)NCc1cccc(OCC(F)(F)F)c1. The van der Waals surface area contributed by atoms with Crippen molar-refractivity contribution in [1.29, 1.82) is 0 Å². The Morgan fingerprint density at radius 3 is 2.44 bits per heavy atom. The van der Waals surface area contributed by atoms with Crippen LogP contribution in [-0.4, -0.2) is 30.6 Å². The molecule has 0 fully saturated rings. The van der Waals surface area contributed by atoms with E-state index in [2.05, 4.69) is 15.4 Å². The lowest BCUT2D eigenvalue weighted by Gasteiger charge is -2.15. The third-order valence-electron chi connectivity index (χ3n) is 3.54. The molecule has 1 unspecified atom stereocenters. The Morgan fingerprint density at radius 1 is 1.07 bits per heavy atom. The highest BCUT2D eigenvalue weighted by atomic mass is 19.4. The van der Waals surface area contributed by atoms with Crippen molar-refractivity contribution >= 4 is 11.8 Å². The molecule has 2 rings (SSSR count). The molecule has 8 heteroatoms. The van der Waals surface area contributed by atoms with Crippen LogP contribution < -0.4 is 15.4 Å². The van der Waals surface area contributed by atoms with Crippen molar-refractivity contribution in [1.82, 2.24) is 10.6 Å². The molecule has 2 amide bonds. The summed E-state index contributed by atoms with van der Waals surface area (Å²) in [5.74, 6) is -0.730. The molecule has 2 N–H and O–H groups in total. The van der Waals surface area contributed by atoms with E-state index in [0.717, 1.165) is 0 Å². The molecule has 5 nitrogen and oxygen atoms in total. The van der Waals surface area contributed by atoms with Gasteiger partial charge >= 0.3 is 6.18 Å². The molecular weight excluding hydrogens is 361 g/mol. The number of nitrogens with one attached hydrogen (secondary N) is 2. The molecule has 1 atom stereocenters. The zero-order chi connectivity index (χ0) is 19.9.